The van der Waals surface area contributed by atoms with Crippen LogP contribution in [0.4, 0.5) is 18.9 Å². The van der Waals surface area contributed by atoms with Gasteiger partial charge in [0.1, 0.15) is 5.56 Å². The SMILES string of the molecule is O=C(O)c1c(Br)ccc([N+](=O)[O-])c1C(F)(F)F. The van der Waals surface area contributed by atoms with Crippen LogP contribution < -0.4 is 0 Å². The molecule has 1 aromatic carbocycles. The molecule has 5 nitrogen and oxygen atoms in total. The van der Waals surface area contributed by atoms with E-state index in [9.17, 15) is 28.1 Å². The van der Waals surface area contributed by atoms with E-state index < -0.39 is 33.9 Å². The quantitative estimate of drug-likeness (QED) is 0.672. The highest BCUT2D eigenvalue weighted by Gasteiger charge is 2.43. The molecule has 0 amide bonds. The van der Waals surface area contributed by atoms with Crippen molar-refractivity contribution in [3.8, 4) is 0 Å². The fourth-order valence-corrected chi connectivity index (χ4v) is 1.71. The normalized spacial score (nSPS) is 11.3. The fourth-order valence-electron chi connectivity index (χ4n) is 1.21. The van der Waals surface area contributed by atoms with Crippen molar-refractivity contribution >= 4 is 27.6 Å². The standard InChI is InChI=1S/C8H3BrF3NO4/c9-3-1-2-4(13(16)17)6(8(10,11)12)5(3)7(14)15/h1-2H,(H,14,15). The van der Waals surface area contributed by atoms with Gasteiger partial charge in [0.05, 0.1) is 10.5 Å². The third-order valence-corrected chi connectivity index (χ3v) is 2.49. The molecule has 9 heteroatoms. The Kier molecular flexibility index (Phi) is 3.41. The van der Waals surface area contributed by atoms with Gasteiger partial charge in [0.25, 0.3) is 5.69 Å². The Morgan fingerprint density at radius 2 is 1.94 bits per heavy atom. The van der Waals surface area contributed by atoms with Crippen LogP contribution in [0.1, 0.15) is 15.9 Å². The zero-order valence-electron chi connectivity index (χ0n) is 7.79. The first-order valence-electron chi connectivity index (χ1n) is 3.93. The summed E-state index contributed by atoms with van der Waals surface area (Å²) in [6.45, 7) is 0. The van der Waals surface area contributed by atoms with Gasteiger partial charge in [-0.1, -0.05) is 0 Å². The van der Waals surface area contributed by atoms with Gasteiger partial charge < -0.3 is 5.11 Å². The second kappa shape index (κ2) is 4.32. The lowest BCUT2D eigenvalue weighted by atomic mass is 10.1. The number of aromatic carboxylic acids is 1. The highest BCUT2D eigenvalue weighted by Crippen LogP contribution is 2.41. The van der Waals surface area contributed by atoms with Crippen LogP contribution in [0.5, 0.6) is 0 Å². The van der Waals surface area contributed by atoms with Crippen molar-refractivity contribution in [1.82, 2.24) is 0 Å². The van der Waals surface area contributed by atoms with Crippen LogP contribution in [0.2, 0.25) is 0 Å². The molecule has 0 spiro atoms. The summed E-state index contributed by atoms with van der Waals surface area (Å²) in [6.07, 6.45) is -5.13. The lowest BCUT2D eigenvalue weighted by Crippen LogP contribution is -2.16. The van der Waals surface area contributed by atoms with Crippen molar-refractivity contribution in [3.63, 3.8) is 0 Å². The van der Waals surface area contributed by atoms with Crippen LogP contribution >= 0.6 is 15.9 Å². The Balaban J connectivity index is 3.75. The van der Waals surface area contributed by atoms with E-state index in [4.69, 9.17) is 5.11 Å². The van der Waals surface area contributed by atoms with Gasteiger partial charge in [-0.3, -0.25) is 10.1 Å². The van der Waals surface area contributed by atoms with Crippen LogP contribution in [-0.4, -0.2) is 16.0 Å². The summed E-state index contributed by atoms with van der Waals surface area (Å²) in [5, 5.41) is 19.1. The number of hydrogen-bond donors (Lipinski definition) is 1. The summed E-state index contributed by atoms with van der Waals surface area (Å²) in [7, 11) is 0. The minimum atomic E-state index is -5.13. The van der Waals surface area contributed by atoms with Gasteiger partial charge in [-0.2, -0.15) is 13.2 Å². The number of alkyl halides is 3. The average molecular weight is 314 g/mol. The predicted octanol–water partition coefficient (Wildman–Crippen LogP) is 3.07. The lowest BCUT2D eigenvalue weighted by Gasteiger charge is -2.11. The molecule has 17 heavy (non-hydrogen) atoms. The lowest BCUT2D eigenvalue weighted by molar-refractivity contribution is -0.388. The Morgan fingerprint density at radius 3 is 2.29 bits per heavy atom. The Labute approximate surface area is 100 Å². The Morgan fingerprint density at radius 1 is 1.41 bits per heavy atom. The molecule has 0 aliphatic rings. The number of rotatable bonds is 2. The topological polar surface area (TPSA) is 80.4 Å². The van der Waals surface area contributed by atoms with E-state index in [2.05, 4.69) is 15.9 Å². The van der Waals surface area contributed by atoms with Crippen molar-refractivity contribution < 1.29 is 28.0 Å². The van der Waals surface area contributed by atoms with Gasteiger partial charge in [-0.05, 0) is 22.0 Å². The molecule has 0 radical (unpaired) electrons. The molecule has 0 bridgehead atoms. The third kappa shape index (κ3) is 2.54. The van der Waals surface area contributed by atoms with Crippen molar-refractivity contribution in [2.75, 3.05) is 0 Å². The third-order valence-electron chi connectivity index (χ3n) is 1.83. The monoisotopic (exact) mass is 313 g/mol. The summed E-state index contributed by atoms with van der Waals surface area (Å²) in [5.41, 5.74) is -4.24. The molecule has 92 valence electrons. The minimum Gasteiger partial charge on any atom is -0.478 e. The summed E-state index contributed by atoms with van der Waals surface area (Å²) in [4.78, 5) is 19.9. The number of benzene rings is 1. The summed E-state index contributed by atoms with van der Waals surface area (Å²) in [5.74, 6) is -1.90. The molecule has 0 atom stereocenters. The molecule has 0 heterocycles. The zero-order chi connectivity index (χ0) is 13.4. The van der Waals surface area contributed by atoms with Crippen LogP contribution in [-0.2, 0) is 6.18 Å². The molecule has 1 N–H and O–H groups in total. The smallest absolute Gasteiger partial charge is 0.423 e. The van der Waals surface area contributed by atoms with Gasteiger partial charge in [0.2, 0.25) is 0 Å². The molecule has 0 saturated carbocycles. The summed E-state index contributed by atoms with van der Waals surface area (Å²) < 4.78 is 37.5. The largest absolute Gasteiger partial charge is 0.478 e. The first kappa shape index (κ1) is 13.4. The van der Waals surface area contributed by atoms with Crippen LogP contribution in [0.25, 0.3) is 0 Å². The predicted molar refractivity (Wildman–Crippen MR) is 52.8 cm³/mol. The first-order valence-corrected chi connectivity index (χ1v) is 4.73. The number of hydrogen-bond acceptors (Lipinski definition) is 3. The van der Waals surface area contributed by atoms with Gasteiger partial charge in [-0.15, -0.1) is 0 Å². The van der Waals surface area contributed by atoms with E-state index in [1.54, 1.807) is 0 Å². The zero-order valence-corrected chi connectivity index (χ0v) is 9.37. The average Bonchev–Trinajstić information content (AvgIpc) is 2.14. The number of carboxylic acids is 1. The number of carboxylic acid groups (broad SMARTS) is 1. The molecule has 0 aromatic heterocycles. The molecule has 0 aliphatic heterocycles. The molecular formula is C8H3BrF3NO4. The summed E-state index contributed by atoms with van der Waals surface area (Å²) in [6, 6.07) is 1.48. The summed E-state index contributed by atoms with van der Waals surface area (Å²) >= 11 is 2.62. The van der Waals surface area contributed by atoms with Gasteiger partial charge >= 0.3 is 12.1 Å². The van der Waals surface area contributed by atoms with E-state index in [-0.39, 0.29) is 4.47 Å². The second-order valence-corrected chi connectivity index (χ2v) is 3.73. The maximum atomic E-state index is 12.6. The molecule has 0 fully saturated rings. The minimum absolute atomic E-state index is 0.372. The Hall–Kier alpha value is -1.64. The number of nitro benzene ring substituents is 1. The van der Waals surface area contributed by atoms with Crippen LogP contribution in [0.15, 0.2) is 16.6 Å². The van der Waals surface area contributed by atoms with Crippen molar-refractivity contribution in [3.05, 3.63) is 37.8 Å². The number of nitro groups is 1. The van der Waals surface area contributed by atoms with Gasteiger partial charge in [-0.25, -0.2) is 4.79 Å². The molecule has 1 aromatic rings. The van der Waals surface area contributed by atoms with E-state index in [1.807, 2.05) is 0 Å². The molecular weight excluding hydrogens is 311 g/mol. The molecule has 0 saturated heterocycles. The molecule has 0 unspecified atom stereocenters. The van der Waals surface area contributed by atoms with Crippen molar-refractivity contribution in [2.45, 2.75) is 6.18 Å². The van der Waals surface area contributed by atoms with E-state index in [0.29, 0.717) is 6.07 Å². The second-order valence-electron chi connectivity index (χ2n) is 2.88. The number of halogens is 4. The maximum Gasteiger partial charge on any atom is 0.423 e. The van der Waals surface area contributed by atoms with Crippen molar-refractivity contribution in [1.29, 1.82) is 0 Å². The van der Waals surface area contributed by atoms with Gasteiger partial charge in [0.15, 0.2) is 0 Å². The van der Waals surface area contributed by atoms with E-state index >= 15 is 0 Å². The highest BCUT2D eigenvalue weighted by atomic mass is 79.9. The van der Waals surface area contributed by atoms with Crippen molar-refractivity contribution in [2.24, 2.45) is 0 Å². The molecule has 0 aliphatic carbocycles. The van der Waals surface area contributed by atoms with E-state index in [1.165, 1.54) is 0 Å². The van der Waals surface area contributed by atoms with Crippen LogP contribution in [0, 0.1) is 10.1 Å². The first-order chi connectivity index (χ1) is 7.66. The van der Waals surface area contributed by atoms with Crippen LogP contribution in [0.3, 0.4) is 0 Å². The number of carbonyl (C=O) groups is 1. The maximum absolute atomic E-state index is 12.6. The highest BCUT2D eigenvalue weighted by molar-refractivity contribution is 9.10. The van der Waals surface area contributed by atoms with E-state index in [0.717, 1.165) is 6.07 Å². The fraction of sp³-hybridized carbons (Fsp3) is 0.125. The van der Waals surface area contributed by atoms with Gasteiger partial charge in [0, 0.05) is 10.5 Å². The number of nitrogens with zero attached hydrogens (tertiary/aromatic N) is 1. The Bertz CT molecular complexity index is 500. The molecule has 1 rings (SSSR count).